The Morgan fingerprint density at radius 3 is 2.41 bits per heavy atom. The normalized spacial score (nSPS) is 18.4. The molecule has 152 valence electrons. The zero-order chi connectivity index (χ0) is 20.0. The predicted octanol–water partition coefficient (Wildman–Crippen LogP) is 5.72. The minimum atomic E-state index is 0.193. The first-order valence-electron chi connectivity index (χ1n) is 9.93. The maximum Gasteiger partial charge on any atom is 0.204 e. The summed E-state index contributed by atoms with van der Waals surface area (Å²) in [6.45, 7) is 2.96. The van der Waals surface area contributed by atoms with Crippen molar-refractivity contribution < 1.29 is 4.74 Å². The van der Waals surface area contributed by atoms with Gasteiger partial charge in [0.2, 0.25) is 4.73 Å². The van der Waals surface area contributed by atoms with Gasteiger partial charge in [0.1, 0.15) is 11.9 Å². The number of piperidine rings is 1. The molecule has 5 rings (SSSR count). The van der Waals surface area contributed by atoms with E-state index in [1.165, 1.54) is 24.0 Å². The SMILES string of the molecule is Clc1cc(Cl)cc(OC2CCN(Cc3cc4nnc(Br)n4cc3C3CC3)CC2)c1. The summed E-state index contributed by atoms with van der Waals surface area (Å²) in [6.07, 6.45) is 6.93. The third-order valence-corrected chi connectivity index (χ3v) is 6.68. The van der Waals surface area contributed by atoms with Crippen molar-refractivity contribution in [3.63, 3.8) is 0 Å². The van der Waals surface area contributed by atoms with E-state index in [-0.39, 0.29) is 6.10 Å². The maximum absolute atomic E-state index is 6.13. The molecule has 29 heavy (non-hydrogen) atoms. The first-order chi connectivity index (χ1) is 14.0. The van der Waals surface area contributed by atoms with Crippen molar-refractivity contribution in [2.75, 3.05) is 13.1 Å². The van der Waals surface area contributed by atoms with Gasteiger partial charge in [0.25, 0.3) is 0 Å². The van der Waals surface area contributed by atoms with Crippen LogP contribution >= 0.6 is 39.1 Å². The number of likely N-dealkylation sites (tertiary alicyclic amines) is 1. The van der Waals surface area contributed by atoms with Crippen LogP contribution in [0.15, 0.2) is 35.2 Å². The molecule has 0 atom stereocenters. The van der Waals surface area contributed by atoms with Crippen molar-refractivity contribution in [3.8, 4) is 5.75 Å². The van der Waals surface area contributed by atoms with Crippen molar-refractivity contribution in [2.45, 2.75) is 44.2 Å². The zero-order valence-electron chi connectivity index (χ0n) is 15.8. The highest BCUT2D eigenvalue weighted by Crippen LogP contribution is 2.42. The van der Waals surface area contributed by atoms with Gasteiger partial charge < -0.3 is 4.74 Å². The standard InChI is InChI=1S/C21H21BrCl2N4O/c22-21-26-25-20-7-14(19(12-28(20)21)13-1-2-13)11-27-5-3-17(4-6-27)29-18-9-15(23)8-16(24)10-18/h7-10,12-13,17H,1-6,11H2. The van der Waals surface area contributed by atoms with Crippen LogP contribution in [0.25, 0.3) is 5.65 Å². The van der Waals surface area contributed by atoms with E-state index in [1.807, 2.05) is 16.5 Å². The quantitative estimate of drug-likeness (QED) is 0.454. The summed E-state index contributed by atoms with van der Waals surface area (Å²) >= 11 is 15.7. The second-order valence-corrected chi connectivity index (χ2v) is 9.51. The second-order valence-electron chi connectivity index (χ2n) is 7.92. The smallest absolute Gasteiger partial charge is 0.204 e. The molecule has 1 aliphatic carbocycles. The number of benzene rings is 1. The highest BCUT2D eigenvalue weighted by atomic mass is 79.9. The highest BCUT2D eigenvalue weighted by Gasteiger charge is 2.29. The van der Waals surface area contributed by atoms with Crippen molar-refractivity contribution in [3.05, 3.63) is 56.4 Å². The molecule has 2 aromatic heterocycles. The Bertz CT molecular complexity index is 1020. The lowest BCUT2D eigenvalue weighted by Gasteiger charge is -2.32. The predicted molar refractivity (Wildman–Crippen MR) is 118 cm³/mol. The lowest BCUT2D eigenvalue weighted by molar-refractivity contribution is 0.0967. The minimum absolute atomic E-state index is 0.193. The number of pyridine rings is 1. The molecule has 0 bridgehead atoms. The molecule has 8 heteroatoms. The van der Waals surface area contributed by atoms with Gasteiger partial charge in [-0.3, -0.25) is 9.30 Å². The number of hydrogen-bond acceptors (Lipinski definition) is 4. The summed E-state index contributed by atoms with van der Waals surface area (Å²) in [5, 5.41) is 9.63. The summed E-state index contributed by atoms with van der Waals surface area (Å²) in [5.74, 6) is 1.43. The van der Waals surface area contributed by atoms with Crippen molar-refractivity contribution >= 4 is 44.8 Å². The zero-order valence-corrected chi connectivity index (χ0v) is 18.9. The summed E-state index contributed by atoms with van der Waals surface area (Å²) in [5.41, 5.74) is 3.71. The fourth-order valence-corrected chi connectivity index (χ4v) is 4.95. The van der Waals surface area contributed by atoms with Crippen molar-refractivity contribution in [2.24, 2.45) is 0 Å². The fourth-order valence-electron chi connectivity index (χ4n) is 4.08. The molecule has 3 aromatic rings. The van der Waals surface area contributed by atoms with Crippen LogP contribution in [0.5, 0.6) is 5.75 Å². The average Bonchev–Trinajstić information content (AvgIpc) is 3.46. The van der Waals surface area contributed by atoms with Crippen LogP contribution < -0.4 is 4.74 Å². The van der Waals surface area contributed by atoms with Crippen LogP contribution in [0.2, 0.25) is 10.0 Å². The van der Waals surface area contributed by atoms with E-state index in [0.717, 1.165) is 48.6 Å². The summed E-state index contributed by atoms with van der Waals surface area (Å²) < 4.78 is 8.92. The van der Waals surface area contributed by atoms with Gasteiger partial charge in [0.05, 0.1) is 0 Å². The molecule has 0 unspecified atom stereocenters. The average molecular weight is 496 g/mol. The molecule has 0 spiro atoms. The molecule has 2 fully saturated rings. The van der Waals surface area contributed by atoms with E-state index in [0.29, 0.717) is 16.0 Å². The fraction of sp³-hybridized carbons (Fsp3) is 0.429. The molecule has 3 heterocycles. The van der Waals surface area contributed by atoms with Crippen LogP contribution in [0.3, 0.4) is 0 Å². The van der Waals surface area contributed by atoms with Gasteiger partial charge in [-0.2, -0.15) is 0 Å². The largest absolute Gasteiger partial charge is 0.490 e. The molecule has 1 saturated heterocycles. The number of ether oxygens (including phenoxy) is 1. The van der Waals surface area contributed by atoms with E-state index in [1.54, 1.807) is 6.07 Å². The Morgan fingerprint density at radius 2 is 1.72 bits per heavy atom. The third-order valence-electron chi connectivity index (χ3n) is 5.71. The third kappa shape index (κ3) is 4.41. The minimum Gasteiger partial charge on any atom is -0.490 e. The Balaban J connectivity index is 1.25. The lowest BCUT2D eigenvalue weighted by atomic mass is 10.0. The Labute approximate surface area is 188 Å². The number of rotatable bonds is 5. The van der Waals surface area contributed by atoms with Gasteiger partial charge in [-0.1, -0.05) is 23.2 Å². The number of nitrogens with zero attached hydrogens (tertiary/aromatic N) is 4. The van der Waals surface area contributed by atoms with E-state index < -0.39 is 0 Å². The van der Waals surface area contributed by atoms with Gasteiger partial charge in [0.15, 0.2) is 5.65 Å². The van der Waals surface area contributed by atoms with E-state index in [4.69, 9.17) is 27.9 Å². The molecule has 1 aliphatic heterocycles. The number of hydrogen-bond donors (Lipinski definition) is 0. The first kappa shape index (κ1) is 19.6. The topological polar surface area (TPSA) is 42.7 Å². The van der Waals surface area contributed by atoms with Gasteiger partial charge >= 0.3 is 0 Å². The molecule has 0 N–H and O–H groups in total. The molecule has 1 saturated carbocycles. The second kappa shape index (κ2) is 8.06. The van der Waals surface area contributed by atoms with Crippen LogP contribution in [-0.4, -0.2) is 38.7 Å². The van der Waals surface area contributed by atoms with Crippen LogP contribution in [0.4, 0.5) is 0 Å². The molecule has 0 radical (unpaired) electrons. The molecule has 1 aromatic carbocycles. The van der Waals surface area contributed by atoms with E-state index in [2.05, 4.69) is 43.3 Å². The van der Waals surface area contributed by atoms with Gasteiger partial charge in [0, 0.05) is 35.9 Å². The number of fused-ring (bicyclic) bond motifs is 1. The van der Waals surface area contributed by atoms with Crippen molar-refractivity contribution in [1.29, 1.82) is 0 Å². The van der Waals surface area contributed by atoms with Crippen molar-refractivity contribution in [1.82, 2.24) is 19.5 Å². The molecule has 2 aliphatic rings. The van der Waals surface area contributed by atoms with Crippen LogP contribution in [-0.2, 0) is 6.54 Å². The van der Waals surface area contributed by atoms with Crippen LogP contribution in [0, 0.1) is 0 Å². The summed E-state index contributed by atoms with van der Waals surface area (Å²) in [4.78, 5) is 2.51. The van der Waals surface area contributed by atoms with Gasteiger partial charge in [-0.25, -0.2) is 0 Å². The summed E-state index contributed by atoms with van der Waals surface area (Å²) in [7, 11) is 0. The molecule has 0 amide bonds. The Kier molecular flexibility index (Phi) is 5.45. The highest BCUT2D eigenvalue weighted by molar-refractivity contribution is 9.10. The Morgan fingerprint density at radius 1 is 1.00 bits per heavy atom. The maximum atomic E-state index is 6.13. The monoisotopic (exact) mass is 494 g/mol. The van der Waals surface area contributed by atoms with Gasteiger partial charge in [-0.05, 0) is 82.9 Å². The molecule has 5 nitrogen and oxygen atoms in total. The van der Waals surface area contributed by atoms with E-state index >= 15 is 0 Å². The molecular weight excluding hydrogens is 475 g/mol. The van der Waals surface area contributed by atoms with Crippen LogP contribution in [0.1, 0.15) is 42.7 Å². The van der Waals surface area contributed by atoms with E-state index in [9.17, 15) is 0 Å². The number of aromatic nitrogens is 3. The summed E-state index contributed by atoms with van der Waals surface area (Å²) in [6, 6.07) is 7.57. The first-order valence-corrected chi connectivity index (χ1v) is 11.5. The Hall–Kier alpha value is -1.34. The molecular formula is C21H21BrCl2N4O. The lowest BCUT2D eigenvalue weighted by Crippen LogP contribution is -2.38. The van der Waals surface area contributed by atoms with Gasteiger partial charge in [-0.15, -0.1) is 10.2 Å². The number of halogens is 3.